The van der Waals surface area contributed by atoms with Gasteiger partial charge in [0.25, 0.3) is 0 Å². The van der Waals surface area contributed by atoms with Crippen molar-refractivity contribution in [2.24, 2.45) is 0 Å². The zero-order chi connectivity index (χ0) is 13.2. The zero-order valence-corrected chi connectivity index (χ0v) is 11.9. The third-order valence-electron chi connectivity index (χ3n) is 3.36. The van der Waals surface area contributed by atoms with Crippen LogP contribution in [0.25, 0.3) is 0 Å². The molecule has 1 nitrogen and oxygen atoms in total. The maximum absolute atomic E-state index is 4.03. The van der Waals surface area contributed by atoms with Gasteiger partial charge in [0, 0.05) is 0 Å². The van der Waals surface area contributed by atoms with E-state index in [2.05, 4.69) is 61.7 Å². The Labute approximate surface area is 113 Å². The maximum atomic E-state index is 4.03. The van der Waals surface area contributed by atoms with Crippen LogP contribution in [0.4, 0.5) is 0 Å². The van der Waals surface area contributed by atoms with Gasteiger partial charge >= 0.3 is 0 Å². The summed E-state index contributed by atoms with van der Waals surface area (Å²) in [5.74, 6) is 0. The molecule has 0 spiro atoms. The summed E-state index contributed by atoms with van der Waals surface area (Å²) in [4.78, 5) is 2.56. The van der Waals surface area contributed by atoms with E-state index in [0.29, 0.717) is 6.04 Å². The van der Waals surface area contributed by atoms with Crippen LogP contribution in [0.15, 0.2) is 43.0 Å². The van der Waals surface area contributed by atoms with E-state index in [0.717, 1.165) is 0 Å². The molecule has 18 heavy (non-hydrogen) atoms. The Morgan fingerprint density at radius 1 is 1.06 bits per heavy atom. The Hall–Kier alpha value is -1.08. The Bertz CT molecular complexity index is 310. The molecule has 0 saturated heterocycles. The van der Waals surface area contributed by atoms with E-state index in [4.69, 9.17) is 0 Å². The van der Waals surface area contributed by atoms with Crippen molar-refractivity contribution < 1.29 is 0 Å². The van der Waals surface area contributed by atoms with Crippen LogP contribution in [0, 0.1) is 0 Å². The highest BCUT2D eigenvalue weighted by Gasteiger charge is 2.15. The normalized spacial score (nSPS) is 12.6. The van der Waals surface area contributed by atoms with Crippen molar-refractivity contribution >= 4 is 0 Å². The van der Waals surface area contributed by atoms with Gasteiger partial charge in [-0.2, -0.15) is 0 Å². The lowest BCUT2D eigenvalue weighted by molar-refractivity contribution is 0.224. The molecule has 1 aromatic rings. The minimum atomic E-state index is 0.365. The van der Waals surface area contributed by atoms with Crippen LogP contribution < -0.4 is 0 Å². The van der Waals surface area contributed by atoms with Gasteiger partial charge in [-0.25, -0.2) is 0 Å². The first-order valence-electron chi connectivity index (χ1n) is 7.25. The van der Waals surface area contributed by atoms with Gasteiger partial charge in [-0.05, 0) is 31.5 Å². The van der Waals surface area contributed by atoms with Gasteiger partial charge in [-0.15, -0.1) is 6.58 Å². The SMILES string of the molecule is C=CC(c1ccccc1)N(CCCC)CCCC. The van der Waals surface area contributed by atoms with E-state index < -0.39 is 0 Å². The third-order valence-corrected chi connectivity index (χ3v) is 3.36. The Morgan fingerprint density at radius 3 is 2.06 bits per heavy atom. The summed E-state index contributed by atoms with van der Waals surface area (Å²) in [6.07, 6.45) is 7.12. The predicted molar refractivity (Wildman–Crippen MR) is 80.8 cm³/mol. The fourth-order valence-electron chi connectivity index (χ4n) is 2.26. The molecule has 100 valence electrons. The number of rotatable bonds is 9. The monoisotopic (exact) mass is 245 g/mol. The first-order valence-corrected chi connectivity index (χ1v) is 7.25. The Kier molecular flexibility index (Phi) is 7.43. The predicted octanol–water partition coefficient (Wildman–Crippen LogP) is 4.82. The summed E-state index contributed by atoms with van der Waals surface area (Å²) in [5, 5.41) is 0. The second-order valence-electron chi connectivity index (χ2n) is 4.83. The molecule has 0 heterocycles. The van der Waals surface area contributed by atoms with Gasteiger partial charge in [-0.1, -0.05) is 63.1 Å². The van der Waals surface area contributed by atoms with E-state index in [1.54, 1.807) is 0 Å². The average molecular weight is 245 g/mol. The highest BCUT2D eigenvalue weighted by Crippen LogP contribution is 2.22. The molecule has 0 amide bonds. The molecular weight excluding hydrogens is 218 g/mol. The fraction of sp³-hybridized carbons (Fsp3) is 0.529. The molecule has 0 N–H and O–H groups in total. The third kappa shape index (κ3) is 4.66. The lowest BCUT2D eigenvalue weighted by Crippen LogP contribution is -2.29. The van der Waals surface area contributed by atoms with Crippen LogP contribution >= 0.6 is 0 Å². The second kappa shape index (κ2) is 8.93. The number of hydrogen-bond donors (Lipinski definition) is 0. The summed E-state index contributed by atoms with van der Waals surface area (Å²) in [6, 6.07) is 11.1. The van der Waals surface area contributed by atoms with Crippen LogP contribution in [-0.2, 0) is 0 Å². The van der Waals surface area contributed by atoms with Crippen molar-refractivity contribution in [1.82, 2.24) is 4.90 Å². The average Bonchev–Trinajstić information content (AvgIpc) is 2.43. The quantitative estimate of drug-likeness (QED) is 0.564. The molecule has 0 aromatic heterocycles. The van der Waals surface area contributed by atoms with Crippen LogP contribution in [-0.4, -0.2) is 18.0 Å². The van der Waals surface area contributed by atoms with E-state index in [-0.39, 0.29) is 0 Å². The molecule has 0 bridgehead atoms. The van der Waals surface area contributed by atoms with Crippen molar-refractivity contribution in [3.05, 3.63) is 48.6 Å². The Morgan fingerprint density at radius 2 is 1.61 bits per heavy atom. The largest absolute Gasteiger partial charge is 0.293 e. The number of nitrogens with zero attached hydrogens (tertiary/aromatic N) is 1. The van der Waals surface area contributed by atoms with E-state index in [1.807, 2.05) is 0 Å². The van der Waals surface area contributed by atoms with E-state index in [1.165, 1.54) is 44.3 Å². The molecule has 0 aliphatic heterocycles. The highest BCUT2D eigenvalue weighted by molar-refractivity contribution is 5.22. The minimum Gasteiger partial charge on any atom is -0.293 e. The molecule has 0 aliphatic rings. The summed E-state index contributed by atoms with van der Waals surface area (Å²) in [5.41, 5.74) is 1.36. The molecule has 1 unspecified atom stereocenters. The van der Waals surface area contributed by atoms with Crippen LogP contribution in [0.5, 0.6) is 0 Å². The summed E-state index contributed by atoms with van der Waals surface area (Å²) in [7, 11) is 0. The fourth-order valence-corrected chi connectivity index (χ4v) is 2.26. The van der Waals surface area contributed by atoms with Crippen LogP contribution in [0.1, 0.15) is 51.1 Å². The molecule has 1 atom stereocenters. The van der Waals surface area contributed by atoms with E-state index >= 15 is 0 Å². The number of unbranched alkanes of at least 4 members (excludes halogenated alkanes) is 2. The molecule has 1 heteroatoms. The van der Waals surface area contributed by atoms with Crippen molar-refractivity contribution in [2.45, 2.75) is 45.6 Å². The summed E-state index contributed by atoms with van der Waals surface area (Å²) < 4.78 is 0. The maximum Gasteiger partial charge on any atom is 0.0528 e. The smallest absolute Gasteiger partial charge is 0.0528 e. The molecule has 0 saturated carbocycles. The van der Waals surface area contributed by atoms with Gasteiger partial charge in [0.05, 0.1) is 6.04 Å². The number of benzene rings is 1. The molecule has 0 fully saturated rings. The Balaban J connectivity index is 2.75. The van der Waals surface area contributed by atoms with Gasteiger partial charge < -0.3 is 0 Å². The van der Waals surface area contributed by atoms with Gasteiger partial charge in [-0.3, -0.25) is 4.90 Å². The lowest BCUT2D eigenvalue weighted by atomic mass is 10.0. The van der Waals surface area contributed by atoms with Crippen LogP contribution in [0.3, 0.4) is 0 Å². The van der Waals surface area contributed by atoms with Gasteiger partial charge in [0.1, 0.15) is 0 Å². The summed E-state index contributed by atoms with van der Waals surface area (Å²) in [6.45, 7) is 10.9. The van der Waals surface area contributed by atoms with Gasteiger partial charge in [0.2, 0.25) is 0 Å². The molecular formula is C17H27N. The van der Waals surface area contributed by atoms with Crippen molar-refractivity contribution in [3.8, 4) is 0 Å². The second-order valence-corrected chi connectivity index (χ2v) is 4.83. The van der Waals surface area contributed by atoms with Crippen LogP contribution in [0.2, 0.25) is 0 Å². The highest BCUT2D eigenvalue weighted by atomic mass is 15.1. The van der Waals surface area contributed by atoms with E-state index in [9.17, 15) is 0 Å². The summed E-state index contributed by atoms with van der Waals surface area (Å²) >= 11 is 0. The zero-order valence-electron chi connectivity index (χ0n) is 11.9. The first-order chi connectivity index (χ1) is 8.83. The lowest BCUT2D eigenvalue weighted by Gasteiger charge is -2.30. The number of hydrogen-bond acceptors (Lipinski definition) is 1. The van der Waals surface area contributed by atoms with Gasteiger partial charge in [0.15, 0.2) is 0 Å². The first kappa shape index (κ1) is 15.0. The standard InChI is InChI=1S/C17H27N/c1-4-7-14-18(15-8-5-2)17(6-3)16-12-10-9-11-13-16/h6,9-13,17H,3-5,7-8,14-15H2,1-2H3. The minimum absolute atomic E-state index is 0.365. The molecule has 1 aromatic carbocycles. The molecule has 0 radical (unpaired) electrons. The topological polar surface area (TPSA) is 3.24 Å². The van der Waals surface area contributed by atoms with Crippen molar-refractivity contribution in [1.29, 1.82) is 0 Å². The van der Waals surface area contributed by atoms with Crippen molar-refractivity contribution in [3.63, 3.8) is 0 Å². The van der Waals surface area contributed by atoms with Crippen molar-refractivity contribution in [2.75, 3.05) is 13.1 Å². The molecule has 1 rings (SSSR count). The molecule has 0 aliphatic carbocycles.